The minimum Gasteiger partial charge on any atom is -0.349 e. The molecule has 2 N–H and O–H groups in total. The van der Waals surface area contributed by atoms with E-state index < -0.39 is 0 Å². The maximum Gasteiger partial charge on any atom is 0.343 e. The van der Waals surface area contributed by atoms with E-state index in [-0.39, 0.29) is 11.6 Å². The van der Waals surface area contributed by atoms with Crippen LogP contribution in [0.5, 0.6) is 0 Å². The number of nitrogens with one attached hydrogen (secondary N) is 2. The van der Waals surface area contributed by atoms with Gasteiger partial charge in [-0.1, -0.05) is 6.42 Å². The van der Waals surface area contributed by atoms with Crippen LogP contribution in [0.3, 0.4) is 0 Å². The lowest BCUT2D eigenvalue weighted by molar-refractivity contribution is -0.122. The predicted octanol–water partition coefficient (Wildman–Crippen LogP) is 0.551. The minimum atomic E-state index is -0.252. The van der Waals surface area contributed by atoms with Gasteiger partial charge in [-0.3, -0.25) is 9.36 Å². The van der Waals surface area contributed by atoms with E-state index in [4.69, 9.17) is 0 Å². The van der Waals surface area contributed by atoms with Crippen molar-refractivity contribution in [2.45, 2.75) is 38.6 Å². The Kier molecular flexibility index (Phi) is 3.16. The first-order valence-electron chi connectivity index (χ1n) is 7.00. The van der Waals surface area contributed by atoms with Crippen LogP contribution in [0, 0.1) is 17.8 Å². The zero-order valence-corrected chi connectivity index (χ0v) is 11.2. The summed E-state index contributed by atoms with van der Waals surface area (Å²) in [6.45, 7) is 0.314. The number of carbonyl (C=O) groups excluding carboxylic acids is 1. The lowest BCUT2D eigenvalue weighted by Gasteiger charge is -2.20. The summed E-state index contributed by atoms with van der Waals surface area (Å²) in [4.78, 5) is 23.1. The molecule has 2 aliphatic rings. The molecule has 6 nitrogen and oxygen atoms in total. The van der Waals surface area contributed by atoms with E-state index in [0.29, 0.717) is 24.7 Å². The van der Waals surface area contributed by atoms with Gasteiger partial charge >= 0.3 is 5.69 Å². The first-order chi connectivity index (χ1) is 9.13. The summed E-state index contributed by atoms with van der Waals surface area (Å²) in [5.41, 5.74) is -0.252. The van der Waals surface area contributed by atoms with Crippen molar-refractivity contribution in [2.75, 3.05) is 0 Å². The molecule has 1 heterocycles. The number of fused-ring (bicyclic) bond motifs is 2. The van der Waals surface area contributed by atoms with Gasteiger partial charge in [-0.15, -0.1) is 0 Å². The fourth-order valence-corrected chi connectivity index (χ4v) is 3.65. The van der Waals surface area contributed by atoms with Gasteiger partial charge in [0.25, 0.3) is 0 Å². The number of H-pyrrole nitrogens is 1. The maximum atomic E-state index is 11.9. The zero-order chi connectivity index (χ0) is 13.4. The van der Waals surface area contributed by atoms with Gasteiger partial charge in [-0.25, -0.2) is 9.89 Å². The zero-order valence-electron chi connectivity index (χ0n) is 11.2. The SMILES string of the molecule is Cn1c(CNC(=O)CC2CC3CCC2C3)n[nH]c1=O. The van der Waals surface area contributed by atoms with E-state index in [2.05, 4.69) is 15.5 Å². The quantitative estimate of drug-likeness (QED) is 0.833. The Balaban J connectivity index is 1.49. The van der Waals surface area contributed by atoms with E-state index in [0.717, 1.165) is 11.8 Å². The highest BCUT2D eigenvalue weighted by Gasteiger charge is 2.39. The summed E-state index contributed by atoms with van der Waals surface area (Å²) in [6, 6.07) is 0. The highest BCUT2D eigenvalue weighted by atomic mass is 16.2. The monoisotopic (exact) mass is 264 g/mol. The van der Waals surface area contributed by atoms with E-state index in [1.807, 2.05) is 0 Å². The molecule has 2 bridgehead atoms. The molecule has 1 aromatic rings. The molecule has 2 saturated carbocycles. The Morgan fingerprint density at radius 2 is 2.32 bits per heavy atom. The Labute approximate surface area is 111 Å². The summed E-state index contributed by atoms with van der Waals surface area (Å²) >= 11 is 0. The molecule has 0 saturated heterocycles. The molecule has 6 heteroatoms. The summed E-state index contributed by atoms with van der Waals surface area (Å²) < 4.78 is 1.41. The van der Waals surface area contributed by atoms with Gasteiger partial charge in [0.05, 0.1) is 6.54 Å². The normalized spacial score (nSPS) is 28.8. The number of aromatic nitrogens is 3. The van der Waals surface area contributed by atoms with Crippen molar-refractivity contribution >= 4 is 5.91 Å². The van der Waals surface area contributed by atoms with Crippen LogP contribution in [0.2, 0.25) is 0 Å². The molecule has 0 spiro atoms. The number of aromatic amines is 1. The summed E-state index contributed by atoms with van der Waals surface area (Å²) in [6.07, 6.45) is 5.83. The van der Waals surface area contributed by atoms with Crippen LogP contribution in [0.15, 0.2) is 4.79 Å². The van der Waals surface area contributed by atoms with E-state index >= 15 is 0 Å². The van der Waals surface area contributed by atoms with Crippen LogP contribution < -0.4 is 11.0 Å². The number of carbonyl (C=O) groups is 1. The average molecular weight is 264 g/mol. The van der Waals surface area contributed by atoms with E-state index in [1.54, 1.807) is 7.05 Å². The van der Waals surface area contributed by atoms with Gasteiger partial charge in [0.2, 0.25) is 5.91 Å². The molecule has 0 aliphatic heterocycles. The number of nitrogens with zero attached hydrogens (tertiary/aromatic N) is 2. The molecular formula is C13H20N4O2. The van der Waals surface area contributed by atoms with Gasteiger partial charge in [0.1, 0.15) is 0 Å². The van der Waals surface area contributed by atoms with Gasteiger partial charge < -0.3 is 5.32 Å². The molecule has 19 heavy (non-hydrogen) atoms. The van der Waals surface area contributed by atoms with Crippen molar-refractivity contribution in [3.05, 3.63) is 16.3 Å². The first kappa shape index (κ1) is 12.4. The number of rotatable bonds is 4. The third-order valence-corrected chi connectivity index (χ3v) is 4.75. The summed E-state index contributed by atoms with van der Waals surface area (Å²) in [5.74, 6) is 2.85. The van der Waals surface area contributed by atoms with E-state index in [9.17, 15) is 9.59 Å². The lowest BCUT2D eigenvalue weighted by atomic mass is 9.86. The molecule has 104 valence electrons. The Hall–Kier alpha value is -1.59. The topological polar surface area (TPSA) is 79.8 Å². The largest absolute Gasteiger partial charge is 0.349 e. The minimum absolute atomic E-state index is 0.0769. The van der Waals surface area contributed by atoms with Crippen LogP contribution in [-0.4, -0.2) is 20.7 Å². The standard InChI is InChI=1S/C13H20N4O2/c1-17-11(15-16-13(17)19)7-14-12(18)6-10-5-8-2-3-9(10)4-8/h8-10H,2-7H2,1H3,(H,14,18)(H,16,19). The molecule has 3 unspecified atom stereocenters. The Bertz CT molecular complexity index is 533. The summed E-state index contributed by atoms with van der Waals surface area (Å²) in [7, 11) is 1.64. The van der Waals surface area contributed by atoms with Gasteiger partial charge in [-0.05, 0) is 37.0 Å². The second kappa shape index (κ2) is 4.83. The Morgan fingerprint density at radius 3 is 2.89 bits per heavy atom. The predicted molar refractivity (Wildman–Crippen MR) is 69.2 cm³/mol. The molecule has 1 aromatic heterocycles. The van der Waals surface area contributed by atoms with Crippen LogP contribution in [0.25, 0.3) is 0 Å². The van der Waals surface area contributed by atoms with Gasteiger partial charge in [0, 0.05) is 13.5 Å². The first-order valence-corrected chi connectivity index (χ1v) is 7.00. The molecule has 0 radical (unpaired) electrons. The molecule has 3 rings (SSSR count). The second-order valence-corrected chi connectivity index (χ2v) is 5.92. The highest BCUT2D eigenvalue weighted by Crippen LogP contribution is 2.49. The maximum absolute atomic E-state index is 11.9. The van der Waals surface area contributed by atoms with Crippen LogP contribution in [0.4, 0.5) is 0 Å². The fourth-order valence-electron chi connectivity index (χ4n) is 3.65. The van der Waals surface area contributed by atoms with Crippen molar-refractivity contribution in [3.8, 4) is 0 Å². The third kappa shape index (κ3) is 2.43. The van der Waals surface area contributed by atoms with Crippen LogP contribution in [0.1, 0.15) is 37.9 Å². The van der Waals surface area contributed by atoms with Gasteiger partial charge in [0.15, 0.2) is 5.82 Å². The van der Waals surface area contributed by atoms with Crippen molar-refractivity contribution < 1.29 is 4.79 Å². The second-order valence-electron chi connectivity index (χ2n) is 5.92. The Morgan fingerprint density at radius 1 is 1.47 bits per heavy atom. The molecule has 0 aromatic carbocycles. The number of hydrogen-bond donors (Lipinski definition) is 2. The van der Waals surface area contributed by atoms with Gasteiger partial charge in [-0.2, -0.15) is 5.10 Å². The lowest BCUT2D eigenvalue weighted by Crippen LogP contribution is -2.28. The molecule has 2 fully saturated rings. The number of hydrogen-bond acceptors (Lipinski definition) is 3. The molecule has 2 aliphatic carbocycles. The van der Waals surface area contributed by atoms with Crippen LogP contribution in [-0.2, 0) is 18.4 Å². The average Bonchev–Trinajstić information content (AvgIpc) is 3.06. The number of amides is 1. The van der Waals surface area contributed by atoms with Crippen molar-refractivity contribution in [3.63, 3.8) is 0 Å². The van der Waals surface area contributed by atoms with Crippen molar-refractivity contribution in [1.29, 1.82) is 0 Å². The molecule has 3 atom stereocenters. The van der Waals surface area contributed by atoms with Crippen molar-refractivity contribution in [1.82, 2.24) is 20.1 Å². The smallest absolute Gasteiger partial charge is 0.343 e. The fraction of sp³-hybridized carbons (Fsp3) is 0.769. The summed E-state index contributed by atoms with van der Waals surface area (Å²) in [5, 5.41) is 9.09. The van der Waals surface area contributed by atoms with Crippen molar-refractivity contribution in [2.24, 2.45) is 24.8 Å². The van der Waals surface area contributed by atoms with E-state index in [1.165, 1.54) is 30.3 Å². The molecular weight excluding hydrogens is 244 g/mol. The molecule has 1 amide bonds. The van der Waals surface area contributed by atoms with Crippen LogP contribution >= 0.6 is 0 Å². The third-order valence-electron chi connectivity index (χ3n) is 4.75. The highest BCUT2D eigenvalue weighted by molar-refractivity contribution is 5.76.